The summed E-state index contributed by atoms with van der Waals surface area (Å²) in [6, 6.07) is 10.3. The molecule has 0 radical (unpaired) electrons. The van der Waals surface area contributed by atoms with Crippen LogP contribution in [0.15, 0.2) is 42.5 Å². The fraction of sp³-hybridized carbons (Fsp3) is 0.300. The van der Waals surface area contributed by atoms with Crippen molar-refractivity contribution in [3.05, 3.63) is 65.2 Å². The van der Waals surface area contributed by atoms with E-state index in [4.69, 9.17) is 0 Å². The van der Waals surface area contributed by atoms with Gasteiger partial charge in [-0.3, -0.25) is 9.59 Å². The first kappa shape index (κ1) is 18.0. The third kappa shape index (κ3) is 4.07. The molecule has 2 unspecified atom stereocenters. The summed E-state index contributed by atoms with van der Waals surface area (Å²) in [4.78, 5) is 24.3. The predicted molar refractivity (Wildman–Crippen MR) is 94.4 cm³/mol. The molecule has 0 saturated heterocycles. The predicted octanol–water partition coefficient (Wildman–Crippen LogP) is 3.73. The number of carbonyl (C=O) groups excluding carboxylic acids is 2. The van der Waals surface area contributed by atoms with Gasteiger partial charge in [-0.2, -0.15) is 0 Å². The van der Waals surface area contributed by atoms with Crippen molar-refractivity contribution in [2.75, 3.05) is 5.32 Å². The number of anilines is 1. The van der Waals surface area contributed by atoms with E-state index in [2.05, 4.69) is 10.6 Å². The standard InChI is InChI=1S/C20H20F2N2O2/c1-12(16-8-7-15(21)11-17(16)22)23-19(25)9-6-14-10-13-4-2-3-5-18(13)24-20(14)26/h2-5,7-8,11-12,14H,6,9-10H2,1H3,(H,23,25)(H,24,26). The molecule has 3 rings (SSSR count). The summed E-state index contributed by atoms with van der Waals surface area (Å²) in [5.74, 6) is -1.98. The van der Waals surface area contributed by atoms with Crippen LogP contribution in [0.1, 0.15) is 36.9 Å². The van der Waals surface area contributed by atoms with Crippen LogP contribution >= 0.6 is 0 Å². The quantitative estimate of drug-likeness (QED) is 0.856. The molecule has 0 fully saturated rings. The summed E-state index contributed by atoms with van der Waals surface area (Å²) in [7, 11) is 0. The van der Waals surface area contributed by atoms with Gasteiger partial charge in [0, 0.05) is 29.7 Å². The number of rotatable bonds is 5. The maximum atomic E-state index is 13.8. The molecule has 0 bridgehead atoms. The van der Waals surface area contributed by atoms with E-state index in [-0.39, 0.29) is 29.7 Å². The SMILES string of the molecule is CC(NC(=O)CCC1Cc2ccccc2NC1=O)c1ccc(F)cc1F. The Morgan fingerprint density at radius 3 is 2.81 bits per heavy atom. The van der Waals surface area contributed by atoms with Gasteiger partial charge < -0.3 is 10.6 Å². The zero-order chi connectivity index (χ0) is 18.7. The minimum absolute atomic E-state index is 0.0888. The molecule has 2 N–H and O–H groups in total. The van der Waals surface area contributed by atoms with Crippen LogP contribution < -0.4 is 10.6 Å². The Bertz CT molecular complexity index is 838. The Morgan fingerprint density at radius 2 is 2.04 bits per heavy atom. The molecule has 1 aliphatic heterocycles. The Morgan fingerprint density at radius 1 is 1.27 bits per heavy atom. The number of nitrogens with one attached hydrogen (secondary N) is 2. The van der Waals surface area contributed by atoms with E-state index in [0.29, 0.717) is 12.8 Å². The molecule has 26 heavy (non-hydrogen) atoms. The average molecular weight is 358 g/mol. The first-order valence-electron chi connectivity index (χ1n) is 8.57. The second-order valence-electron chi connectivity index (χ2n) is 6.54. The zero-order valence-corrected chi connectivity index (χ0v) is 14.4. The molecule has 4 nitrogen and oxygen atoms in total. The lowest BCUT2D eigenvalue weighted by Gasteiger charge is -2.24. The number of fused-ring (bicyclic) bond motifs is 1. The second-order valence-corrected chi connectivity index (χ2v) is 6.54. The van der Waals surface area contributed by atoms with Crippen molar-refractivity contribution in [2.45, 2.75) is 32.2 Å². The normalized spacial score (nSPS) is 17.2. The van der Waals surface area contributed by atoms with Gasteiger partial charge in [-0.15, -0.1) is 0 Å². The maximum absolute atomic E-state index is 13.8. The van der Waals surface area contributed by atoms with E-state index in [9.17, 15) is 18.4 Å². The summed E-state index contributed by atoms with van der Waals surface area (Å²) in [6.07, 6.45) is 1.16. The molecule has 1 heterocycles. The van der Waals surface area contributed by atoms with E-state index < -0.39 is 17.7 Å². The van der Waals surface area contributed by atoms with Gasteiger partial charge in [-0.25, -0.2) is 8.78 Å². The van der Waals surface area contributed by atoms with Crippen LogP contribution in [0.3, 0.4) is 0 Å². The third-order valence-corrected chi connectivity index (χ3v) is 4.64. The van der Waals surface area contributed by atoms with Gasteiger partial charge in [0.1, 0.15) is 11.6 Å². The second kappa shape index (κ2) is 7.64. The highest BCUT2D eigenvalue weighted by Gasteiger charge is 2.26. The Balaban J connectivity index is 1.55. The van der Waals surface area contributed by atoms with Crippen molar-refractivity contribution in [2.24, 2.45) is 5.92 Å². The number of hydrogen-bond donors (Lipinski definition) is 2. The van der Waals surface area contributed by atoms with E-state index in [1.165, 1.54) is 6.07 Å². The molecule has 0 spiro atoms. The molecule has 2 aromatic carbocycles. The summed E-state index contributed by atoms with van der Waals surface area (Å²) in [5, 5.41) is 5.55. The summed E-state index contributed by atoms with van der Waals surface area (Å²) < 4.78 is 26.8. The van der Waals surface area contributed by atoms with Crippen LogP contribution in [0.5, 0.6) is 0 Å². The van der Waals surface area contributed by atoms with Crippen molar-refractivity contribution < 1.29 is 18.4 Å². The largest absolute Gasteiger partial charge is 0.349 e. The van der Waals surface area contributed by atoms with Gasteiger partial charge >= 0.3 is 0 Å². The van der Waals surface area contributed by atoms with Crippen molar-refractivity contribution in [3.8, 4) is 0 Å². The highest BCUT2D eigenvalue weighted by Crippen LogP contribution is 2.27. The van der Waals surface area contributed by atoms with Crippen molar-refractivity contribution >= 4 is 17.5 Å². The third-order valence-electron chi connectivity index (χ3n) is 4.64. The minimum Gasteiger partial charge on any atom is -0.349 e. The number of amides is 2. The molecular weight excluding hydrogens is 338 g/mol. The van der Waals surface area contributed by atoms with Crippen molar-refractivity contribution in [1.29, 1.82) is 0 Å². The number of para-hydroxylation sites is 1. The fourth-order valence-electron chi connectivity index (χ4n) is 3.20. The molecule has 2 aromatic rings. The lowest BCUT2D eigenvalue weighted by Crippen LogP contribution is -2.32. The van der Waals surface area contributed by atoms with E-state index >= 15 is 0 Å². The van der Waals surface area contributed by atoms with Crippen molar-refractivity contribution in [1.82, 2.24) is 5.32 Å². The van der Waals surface area contributed by atoms with Crippen LogP contribution in [0.2, 0.25) is 0 Å². The zero-order valence-electron chi connectivity index (χ0n) is 14.4. The average Bonchev–Trinajstić information content (AvgIpc) is 2.59. The van der Waals surface area contributed by atoms with Gasteiger partial charge in [0.05, 0.1) is 6.04 Å². The summed E-state index contributed by atoms with van der Waals surface area (Å²) in [5.41, 5.74) is 2.10. The Hall–Kier alpha value is -2.76. The smallest absolute Gasteiger partial charge is 0.227 e. The van der Waals surface area contributed by atoms with Crippen molar-refractivity contribution in [3.63, 3.8) is 0 Å². The van der Waals surface area contributed by atoms with Gasteiger partial charge in [0.15, 0.2) is 0 Å². The van der Waals surface area contributed by atoms with Crippen LogP contribution in [-0.4, -0.2) is 11.8 Å². The molecule has 0 saturated carbocycles. The molecule has 2 atom stereocenters. The molecule has 1 aliphatic rings. The first-order chi connectivity index (χ1) is 12.4. The van der Waals surface area contributed by atoms with Crippen LogP contribution in [0, 0.1) is 17.6 Å². The number of benzene rings is 2. The number of carbonyl (C=O) groups is 2. The molecule has 136 valence electrons. The monoisotopic (exact) mass is 358 g/mol. The minimum atomic E-state index is -0.693. The fourth-order valence-corrected chi connectivity index (χ4v) is 3.20. The van der Waals surface area contributed by atoms with Crippen LogP contribution in [0.4, 0.5) is 14.5 Å². The van der Waals surface area contributed by atoms with Gasteiger partial charge in [0.2, 0.25) is 11.8 Å². The molecule has 6 heteroatoms. The van der Waals surface area contributed by atoms with E-state index in [0.717, 1.165) is 23.4 Å². The van der Waals surface area contributed by atoms with Gasteiger partial charge in [-0.05, 0) is 37.5 Å². The summed E-state index contributed by atoms with van der Waals surface area (Å²) in [6.45, 7) is 1.64. The molecule has 2 amide bonds. The number of hydrogen-bond acceptors (Lipinski definition) is 2. The molecule has 0 aliphatic carbocycles. The molecular formula is C20H20F2N2O2. The highest BCUT2D eigenvalue weighted by atomic mass is 19.1. The maximum Gasteiger partial charge on any atom is 0.227 e. The summed E-state index contributed by atoms with van der Waals surface area (Å²) >= 11 is 0. The van der Waals surface area contributed by atoms with Crippen LogP contribution in [-0.2, 0) is 16.0 Å². The van der Waals surface area contributed by atoms with Gasteiger partial charge in [-0.1, -0.05) is 24.3 Å². The topological polar surface area (TPSA) is 58.2 Å². The lowest BCUT2D eigenvalue weighted by molar-refractivity contribution is -0.123. The first-order valence-corrected chi connectivity index (χ1v) is 8.57. The Kier molecular flexibility index (Phi) is 5.30. The lowest BCUT2D eigenvalue weighted by atomic mass is 9.89. The van der Waals surface area contributed by atoms with E-state index in [1.807, 2.05) is 24.3 Å². The van der Waals surface area contributed by atoms with E-state index in [1.54, 1.807) is 6.92 Å². The highest BCUT2D eigenvalue weighted by molar-refractivity contribution is 5.96. The Labute approximate surface area is 150 Å². The number of halogens is 2. The molecule has 0 aromatic heterocycles. The van der Waals surface area contributed by atoms with Crippen LogP contribution in [0.25, 0.3) is 0 Å². The van der Waals surface area contributed by atoms with Gasteiger partial charge in [0.25, 0.3) is 0 Å².